The molecular weight excluding hydrogens is 414 g/mol. The van der Waals surface area contributed by atoms with Crippen LogP contribution in [-0.2, 0) is 6.54 Å². The molecule has 2 heterocycles. The Labute approximate surface area is 183 Å². The molecule has 4 rings (SSSR count). The van der Waals surface area contributed by atoms with Gasteiger partial charge in [0.05, 0.1) is 13.3 Å². The summed E-state index contributed by atoms with van der Waals surface area (Å²) in [6, 6.07) is 19.7. The smallest absolute Gasteiger partial charge is 0.263 e. The molecule has 30 heavy (non-hydrogen) atoms. The molecule has 0 fully saturated rings. The Morgan fingerprint density at radius 2 is 1.87 bits per heavy atom. The second kappa shape index (κ2) is 9.56. The minimum atomic E-state index is -0.121. The highest BCUT2D eigenvalue weighted by Gasteiger charge is 2.12. The summed E-state index contributed by atoms with van der Waals surface area (Å²) in [4.78, 5) is 22.7. The first-order chi connectivity index (χ1) is 14.7. The standard InChI is InChI=1S/C23H19N3O2S2/c1-28-20-10-6-5-9-19(20)17-11-18(14-24-13-17)29-23-26-15-21(30-23)22(27)25-12-16-7-3-2-4-8-16/h2-11,13-15H,12H2,1H3,(H,25,27). The predicted octanol–water partition coefficient (Wildman–Crippen LogP) is 5.29. The summed E-state index contributed by atoms with van der Waals surface area (Å²) in [5.41, 5.74) is 3.01. The maximum Gasteiger partial charge on any atom is 0.263 e. The van der Waals surface area contributed by atoms with E-state index in [0.717, 1.165) is 31.7 Å². The Morgan fingerprint density at radius 1 is 1.07 bits per heavy atom. The van der Waals surface area contributed by atoms with Crippen LogP contribution in [0.1, 0.15) is 15.2 Å². The van der Waals surface area contributed by atoms with Crippen LogP contribution in [-0.4, -0.2) is 23.0 Å². The third-order valence-electron chi connectivity index (χ3n) is 4.34. The summed E-state index contributed by atoms with van der Waals surface area (Å²) < 4.78 is 6.24. The van der Waals surface area contributed by atoms with Crippen molar-refractivity contribution in [3.8, 4) is 16.9 Å². The fourth-order valence-electron chi connectivity index (χ4n) is 2.88. The Hall–Kier alpha value is -3.16. The zero-order valence-corrected chi connectivity index (χ0v) is 17.9. The monoisotopic (exact) mass is 433 g/mol. The molecule has 0 spiro atoms. The number of hydrogen-bond donors (Lipinski definition) is 1. The molecule has 7 heteroatoms. The lowest BCUT2D eigenvalue weighted by atomic mass is 10.1. The largest absolute Gasteiger partial charge is 0.496 e. The van der Waals surface area contributed by atoms with Crippen LogP contribution in [0.5, 0.6) is 5.75 Å². The van der Waals surface area contributed by atoms with E-state index in [0.29, 0.717) is 11.4 Å². The summed E-state index contributed by atoms with van der Waals surface area (Å²) in [5, 5.41) is 2.93. The molecule has 0 aliphatic heterocycles. The van der Waals surface area contributed by atoms with Crippen molar-refractivity contribution in [1.82, 2.24) is 15.3 Å². The van der Waals surface area contributed by atoms with Gasteiger partial charge in [-0.2, -0.15) is 0 Å². The van der Waals surface area contributed by atoms with E-state index in [-0.39, 0.29) is 5.91 Å². The fourth-order valence-corrected chi connectivity index (χ4v) is 4.78. The molecule has 0 radical (unpaired) electrons. The van der Waals surface area contributed by atoms with Gasteiger partial charge >= 0.3 is 0 Å². The summed E-state index contributed by atoms with van der Waals surface area (Å²) in [6.07, 6.45) is 5.22. The molecule has 0 atom stereocenters. The quantitative estimate of drug-likeness (QED) is 0.429. The van der Waals surface area contributed by atoms with Crippen LogP contribution in [0.15, 0.2) is 88.5 Å². The van der Waals surface area contributed by atoms with Crippen molar-refractivity contribution in [2.75, 3.05) is 7.11 Å². The number of hydrogen-bond acceptors (Lipinski definition) is 6. The lowest BCUT2D eigenvalue weighted by molar-refractivity contribution is 0.0954. The van der Waals surface area contributed by atoms with Crippen molar-refractivity contribution >= 4 is 29.0 Å². The second-order valence-electron chi connectivity index (χ2n) is 6.37. The van der Waals surface area contributed by atoms with Crippen LogP contribution in [0.4, 0.5) is 0 Å². The van der Waals surface area contributed by atoms with Crippen molar-refractivity contribution in [2.24, 2.45) is 0 Å². The number of carbonyl (C=O) groups is 1. The number of nitrogens with zero attached hydrogens (tertiary/aromatic N) is 2. The third kappa shape index (κ3) is 4.87. The van der Waals surface area contributed by atoms with E-state index >= 15 is 0 Å². The van der Waals surface area contributed by atoms with Gasteiger partial charge in [0.1, 0.15) is 10.6 Å². The average molecular weight is 434 g/mol. The SMILES string of the molecule is COc1ccccc1-c1cncc(Sc2ncc(C(=O)NCc3ccccc3)s2)c1. The van der Waals surface area contributed by atoms with Gasteiger partial charge in [0.15, 0.2) is 4.34 Å². The number of ether oxygens (including phenoxy) is 1. The number of carbonyl (C=O) groups excluding carboxylic acids is 1. The van der Waals surface area contributed by atoms with Crippen molar-refractivity contribution in [1.29, 1.82) is 0 Å². The van der Waals surface area contributed by atoms with Gasteiger partial charge in [0.25, 0.3) is 5.91 Å². The topological polar surface area (TPSA) is 64.1 Å². The lowest BCUT2D eigenvalue weighted by Gasteiger charge is -2.08. The summed E-state index contributed by atoms with van der Waals surface area (Å²) in [6.45, 7) is 0.491. The van der Waals surface area contributed by atoms with Gasteiger partial charge in [-0.25, -0.2) is 4.98 Å². The van der Waals surface area contributed by atoms with Crippen molar-refractivity contribution in [3.05, 3.63) is 89.7 Å². The molecule has 0 saturated carbocycles. The molecule has 1 amide bonds. The second-order valence-corrected chi connectivity index (χ2v) is 8.72. The van der Waals surface area contributed by atoms with Crippen LogP contribution < -0.4 is 10.1 Å². The highest BCUT2D eigenvalue weighted by molar-refractivity contribution is 8.01. The minimum absolute atomic E-state index is 0.121. The molecule has 0 saturated heterocycles. The molecule has 4 aromatic rings. The molecule has 0 aliphatic rings. The third-order valence-corrected chi connectivity index (χ3v) is 6.37. The van der Waals surface area contributed by atoms with E-state index < -0.39 is 0 Å². The van der Waals surface area contributed by atoms with Gasteiger partial charge in [0.2, 0.25) is 0 Å². The minimum Gasteiger partial charge on any atom is -0.496 e. The molecule has 0 bridgehead atoms. The summed E-state index contributed by atoms with van der Waals surface area (Å²) >= 11 is 2.85. The first kappa shape index (κ1) is 20.1. The van der Waals surface area contributed by atoms with Crippen molar-refractivity contribution in [2.45, 2.75) is 15.8 Å². The lowest BCUT2D eigenvalue weighted by Crippen LogP contribution is -2.21. The van der Waals surface area contributed by atoms with Crippen molar-refractivity contribution in [3.63, 3.8) is 0 Å². The molecule has 1 N–H and O–H groups in total. The highest BCUT2D eigenvalue weighted by Crippen LogP contribution is 2.35. The fraction of sp³-hybridized carbons (Fsp3) is 0.0870. The molecule has 5 nitrogen and oxygen atoms in total. The Morgan fingerprint density at radius 3 is 2.70 bits per heavy atom. The number of aromatic nitrogens is 2. The predicted molar refractivity (Wildman–Crippen MR) is 120 cm³/mol. The van der Waals surface area contributed by atoms with Gasteiger partial charge in [-0.15, -0.1) is 11.3 Å². The molecule has 2 aromatic heterocycles. The maximum absolute atomic E-state index is 12.4. The number of nitrogens with one attached hydrogen (secondary N) is 1. The summed E-state index contributed by atoms with van der Waals surface area (Å²) in [5.74, 6) is 0.678. The van der Waals surface area contributed by atoms with Crippen LogP contribution in [0, 0.1) is 0 Å². The maximum atomic E-state index is 12.4. The van der Waals surface area contributed by atoms with E-state index in [1.165, 1.54) is 23.1 Å². The Kier molecular flexibility index (Phi) is 6.41. The van der Waals surface area contributed by atoms with Crippen LogP contribution in [0.25, 0.3) is 11.1 Å². The van der Waals surface area contributed by atoms with E-state index in [1.54, 1.807) is 19.5 Å². The zero-order chi connectivity index (χ0) is 20.8. The highest BCUT2D eigenvalue weighted by atomic mass is 32.2. The van der Waals surface area contributed by atoms with Gasteiger partial charge in [-0.1, -0.05) is 60.3 Å². The Balaban J connectivity index is 1.44. The van der Waals surface area contributed by atoms with Gasteiger partial charge < -0.3 is 10.1 Å². The average Bonchev–Trinajstić information content (AvgIpc) is 3.27. The zero-order valence-electron chi connectivity index (χ0n) is 16.2. The molecule has 150 valence electrons. The number of amides is 1. The number of pyridine rings is 1. The molecule has 0 unspecified atom stereocenters. The molecule has 0 aliphatic carbocycles. The van der Waals surface area contributed by atoms with Crippen LogP contribution >= 0.6 is 23.1 Å². The number of rotatable bonds is 7. The summed E-state index contributed by atoms with van der Waals surface area (Å²) in [7, 11) is 1.66. The van der Waals surface area contributed by atoms with Crippen LogP contribution in [0.2, 0.25) is 0 Å². The van der Waals surface area contributed by atoms with Gasteiger partial charge in [-0.3, -0.25) is 9.78 Å². The number of para-hydroxylation sites is 1. The first-order valence-electron chi connectivity index (χ1n) is 9.27. The van der Waals surface area contributed by atoms with Gasteiger partial charge in [-0.05, 0) is 17.7 Å². The number of thiazole rings is 1. The Bertz CT molecular complexity index is 1150. The molecular formula is C23H19N3O2S2. The molecule has 2 aromatic carbocycles. The van der Waals surface area contributed by atoms with Crippen molar-refractivity contribution < 1.29 is 9.53 Å². The van der Waals surface area contributed by atoms with E-state index in [4.69, 9.17) is 4.74 Å². The van der Waals surface area contributed by atoms with Gasteiger partial charge in [0, 0.05) is 35.0 Å². The van der Waals surface area contributed by atoms with E-state index in [2.05, 4.69) is 15.3 Å². The first-order valence-corrected chi connectivity index (χ1v) is 10.9. The van der Waals surface area contributed by atoms with E-state index in [1.807, 2.05) is 66.9 Å². The van der Waals surface area contributed by atoms with E-state index in [9.17, 15) is 4.79 Å². The number of benzene rings is 2. The number of methoxy groups -OCH3 is 1. The van der Waals surface area contributed by atoms with Crippen LogP contribution in [0.3, 0.4) is 0 Å². The normalized spacial score (nSPS) is 10.6.